The largest absolute Gasteiger partial charge is 0.454 e. The molecule has 2 aliphatic heterocycles. The maximum Gasteiger partial charge on any atom is 0.231 e. The van der Waals surface area contributed by atoms with Crippen LogP contribution in [0.15, 0.2) is 18.2 Å². The number of likely N-dealkylation sites (tertiary alicyclic amines) is 1. The number of carbonyl (C=O) groups excluding carboxylic acids is 2. The van der Waals surface area contributed by atoms with Crippen LogP contribution in [0.1, 0.15) is 51.5 Å². The Bertz CT molecular complexity index is 664. The number of nitrogens with one attached hydrogen (secondary N) is 1. The number of fused-ring (bicyclic) bond motifs is 1. The minimum absolute atomic E-state index is 0.0671. The lowest BCUT2D eigenvalue weighted by molar-refractivity contribution is -0.137. The van der Waals surface area contributed by atoms with E-state index in [4.69, 9.17) is 9.47 Å². The van der Waals surface area contributed by atoms with E-state index in [1.54, 1.807) is 0 Å². The summed E-state index contributed by atoms with van der Waals surface area (Å²) < 4.78 is 10.7. The van der Waals surface area contributed by atoms with E-state index in [1.807, 2.05) is 23.1 Å². The van der Waals surface area contributed by atoms with Gasteiger partial charge in [-0.1, -0.05) is 19.9 Å². The molecule has 0 atom stereocenters. The molecule has 6 nitrogen and oxygen atoms in total. The second-order valence-electron chi connectivity index (χ2n) is 7.37. The zero-order valence-corrected chi connectivity index (χ0v) is 16.3. The van der Waals surface area contributed by atoms with Crippen molar-refractivity contribution in [3.63, 3.8) is 0 Å². The monoisotopic (exact) mass is 374 g/mol. The predicted molar refractivity (Wildman–Crippen MR) is 103 cm³/mol. The molecule has 0 unspecified atom stereocenters. The third-order valence-corrected chi connectivity index (χ3v) is 5.58. The van der Waals surface area contributed by atoms with Gasteiger partial charge in [0, 0.05) is 31.5 Å². The fraction of sp³-hybridized carbons (Fsp3) is 0.619. The van der Waals surface area contributed by atoms with Crippen LogP contribution >= 0.6 is 0 Å². The quantitative estimate of drug-likeness (QED) is 0.797. The molecular weight excluding hydrogens is 344 g/mol. The molecule has 1 aromatic carbocycles. The second-order valence-corrected chi connectivity index (χ2v) is 7.37. The van der Waals surface area contributed by atoms with Gasteiger partial charge in [-0.15, -0.1) is 0 Å². The number of rotatable bonds is 7. The summed E-state index contributed by atoms with van der Waals surface area (Å²) in [6.45, 7) is 5.88. The number of hydrogen-bond donors (Lipinski definition) is 1. The Morgan fingerprint density at radius 3 is 2.56 bits per heavy atom. The molecule has 1 N–H and O–H groups in total. The van der Waals surface area contributed by atoms with E-state index < -0.39 is 0 Å². The molecule has 2 heterocycles. The van der Waals surface area contributed by atoms with Crippen molar-refractivity contribution in [2.45, 2.75) is 58.4 Å². The fourth-order valence-corrected chi connectivity index (χ4v) is 3.79. The second kappa shape index (κ2) is 9.11. The summed E-state index contributed by atoms with van der Waals surface area (Å²) in [6.07, 6.45) is 4.59. The summed E-state index contributed by atoms with van der Waals surface area (Å²) in [7, 11) is 0. The molecule has 1 saturated heterocycles. The van der Waals surface area contributed by atoms with Crippen LogP contribution in [0.5, 0.6) is 11.5 Å². The lowest BCUT2D eigenvalue weighted by atomic mass is 9.98. The first kappa shape index (κ1) is 19.5. The van der Waals surface area contributed by atoms with Gasteiger partial charge in [0.2, 0.25) is 18.6 Å². The van der Waals surface area contributed by atoms with Crippen LogP contribution in [0.4, 0.5) is 0 Å². The number of amides is 2. The average Bonchev–Trinajstić information content (AvgIpc) is 3.15. The molecule has 1 fully saturated rings. The molecule has 0 aliphatic carbocycles. The Morgan fingerprint density at radius 1 is 1.15 bits per heavy atom. The molecule has 0 radical (unpaired) electrons. The Hall–Kier alpha value is -2.24. The van der Waals surface area contributed by atoms with Crippen LogP contribution in [-0.2, 0) is 16.0 Å². The lowest BCUT2D eigenvalue weighted by Crippen LogP contribution is -2.48. The molecule has 2 amide bonds. The van der Waals surface area contributed by atoms with Crippen LogP contribution in [0, 0.1) is 5.92 Å². The van der Waals surface area contributed by atoms with Crippen LogP contribution in [0.2, 0.25) is 0 Å². The van der Waals surface area contributed by atoms with Crippen molar-refractivity contribution in [3.05, 3.63) is 23.8 Å². The molecular formula is C21H30N2O4. The van der Waals surface area contributed by atoms with Crippen molar-refractivity contribution in [1.82, 2.24) is 10.2 Å². The van der Waals surface area contributed by atoms with Gasteiger partial charge in [-0.25, -0.2) is 0 Å². The molecule has 0 aromatic heterocycles. The summed E-state index contributed by atoms with van der Waals surface area (Å²) in [5.74, 6) is 1.99. The highest BCUT2D eigenvalue weighted by atomic mass is 16.7. The highest BCUT2D eigenvalue weighted by Gasteiger charge is 2.27. The van der Waals surface area contributed by atoms with Gasteiger partial charge in [-0.3, -0.25) is 9.59 Å². The molecule has 1 aromatic rings. The van der Waals surface area contributed by atoms with Crippen molar-refractivity contribution in [3.8, 4) is 11.5 Å². The Morgan fingerprint density at radius 2 is 1.85 bits per heavy atom. The highest BCUT2D eigenvalue weighted by Crippen LogP contribution is 2.32. The van der Waals surface area contributed by atoms with Crippen LogP contribution in [-0.4, -0.2) is 42.6 Å². The fourth-order valence-electron chi connectivity index (χ4n) is 3.79. The number of benzene rings is 1. The third-order valence-electron chi connectivity index (χ3n) is 5.58. The SMILES string of the molecule is CCC(CC)C(=O)N1CCC(NC(=O)CCc2ccc3c(c2)OCO3)CC1. The van der Waals surface area contributed by atoms with Gasteiger partial charge in [-0.05, 0) is 49.8 Å². The minimum Gasteiger partial charge on any atom is -0.454 e. The molecule has 0 bridgehead atoms. The van der Waals surface area contributed by atoms with Crippen molar-refractivity contribution in [2.75, 3.05) is 19.9 Å². The summed E-state index contributed by atoms with van der Waals surface area (Å²) in [4.78, 5) is 26.7. The summed E-state index contributed by atoms with van der Waals surface area (Å²) in [6, 6.07) is 5.97. The van der Waals surface area contributed by atoms with E-state index in [0.29, 0.717) is 12.8 Å². The maximum absolute atomic E-state index is 12.4. The van der Waals surface area contributed by atoms with E-state index in [1.165, 1.54) is 0 Å². The Balaban J connectivity index is 1.40. The van der Waals surface area contributed by atoms with Crippen molar-refractivity contribution in [1.29, 1.82) is 0 Å². The van der Waals surface area contributed by atoms with Crippen molar-refractivity contribution in [2.24, 2.45) is 5.92 Å². The Labute approximate surface area is 161 Å². The van der Waals surface area contributed by atoms with Crippen LogP contribution in [0.3, 0.4) is 0 Å². The van der Waals surface area contributed by atoms with E-state index >= 15 is 0 Å². The smallest absolute Gasteiger partial charge is 0.231 e. The number of carbonyl (C=O) groups is 2. The maximum atomic E-state index is 12.4. The average molecular weight is 374 g/mol. The first-order valence-electron chi connectivity index (χ1n) is 10.1. The topological polar surface area (TPSA) is 67.9 Å². The predicted octanol–water partition coefficient (Wildman–Crippen LogP) is 2.89. The van der Waals surface area contributed by atoms with Crippen molar-refractivity contribution >= 4 is 11.8 Å². The highest BCUT2D eigenvalue weighted by molar-refractivity contribution is 5.79. The molecule has 0 saturated carbocycles. The van der Waals surface area contributed by atoms with E-state index in [0.717, 1.165) is 55.8 Å². The van der Waals surface area contributed by atoms with Crippen LogP contribution < -0.4 is 14.8 Å². The molecule has 2 aliphatic rings. The summed E-state index contributed by atoms with van der Waals surface area (Å²) in [5.41, 5.74) is 1.07. The normalized spacial score (nSPS) is 16.6. The third kappa shape index (κ3) is 4.93. The number of piperidine rings is 1. The van der Waals surface area contributed by atoms with Gasteiger partial charge < -0.3 is 19.7 Å². The van der Waals surface area contributed by atoms with Gasteiger partial charge in [0.15, 0.2) is 11.5 Å². The molecule has 148 valence electrons. The number of hydrogen-bond acceptors (Lipinski definition) is 4. The molecule has 0 spiro atoms. The van der Waals surface area contributed by atoms with Gasteiger partial charge in [-0.2, -0.15) is 0 Å². The van der Waals surface area contributed by atoms with E-state index in [2.05, 4.69) is 19.2 Å². The van der Waals surface area contributed by atoms with E-state index in [-0.39, 0.29) is 30.6 Å². The number of nitrogens with zero attached hydrogens (tertiary/aromatic N) is 1. The standard InChI is InChI=1S/C21H30N2O4/c1-3-16(4-2)21(25)23-11-9-17(10-12-23)22-20(24)8-6-15-5-7-18-19(13-15)27-14-26-18/h5,7,13,16-17H,3-4,6,8-12,14H2,1-2H3,(H,22,24). The zero-order chi connectivity index (χ0) is 19.2. The number of aryl methyl sites for hydroxylation is 1. The number of ether oxygens (including phenoxy) is 2. The van der Waals surface area contributed by atoms with Gasteiger partial charge in [0.1, 0.15) is 0 Å². The summed E-state index contributed by atoms with van der Waals surface area (Å²) in [5, 5.41) is 3.13. The lowest BCUT2D eigenvalue weighted by Gasteiger charge is -2.34. The Kier molecular flexibility index (Phi) is 6.58. The van der Waals surface area contributed by atoms with Crippen molar-refractivity contribution < 1.29 is 19.1 Å². The molecule has 6 heteroatoms. The van der Waals surface area contributed by atoms with Gasteiger partial charge >= 0.3 is 0 Å². The molecule has 3 rings (SSSR count). The summed E-state index contributed by atoms with van der Waals surface area (Å²) >= 11 is 0. The minimum atomic E-state index is 0.0671. The van der Waals surface area contributed by atoms with Crippen LogP contribution in [0.25, 0.3) is 0 Å². The first-order chi connectivity index (χ1) is 13.1. The molecule has 27 heavy (non-hydrogen) atoms. The van der Waals surface area contributed by atoms with E-state index in [9.17, 15) is 9.59 Å². The van der Waals surface area contributed by atoms with Gasteiger partial charge in [0.25, 0.3) is 0 Å². The first-order valence-corrected chi connectivity index (χ1v) is 10.1. The van der Waals surface area contributed by atoms with Gasteiger partial charge in [0.05, 0.1) is 0 Å². The zero-order valence-electron chi connectivity index (χ0n) is 16.3.